The topological polar surface area (TPSA) is 105 Å². The number of piperidine rings is 1. The van der Waals surface area contributed by atoms with Crippen LogP contribution in [0.3, 0.4) is 0 Å². The van der Waals surface area contributed by atoms with Crippen molar-refractivity contribution in [2.24, 2.45) is 5.92 Å². The van der Waals surface area contributed by atoms with E-state index in [4.69, 9.17) is 11.6 Å². The van der Waals surface area contributed by atoms with Gasteiger partial charge in [0.2, 0.25) is 5.91 Å². The average molecular weight is 649 g/mol. The number of fused-ring (bicyclic) bond motifs is 1. The van der Waals surface area contributed by atoms with E-state index < -0.39 is 45.9 Å². The number of phenols is 1. The van der Waals surface area contributed by atoms with Crippen molar-refractivity contribution in [1.29, 1.82) is 0 Å². The van der Waals surface area contributed by atoms with E-state index in [0.29, 0.717) is 30.8 Å². The van der Waals surface area contributed by atoms with Gasteiger partial charge in [-0.1, -0.05) is 45.0 Å². The molecule has 0 spiro atoms. The third-order valence-corrected chi connectivity index (χ3v) is 9.07. The summed E-state index contributed by atoms with van der Waals surface area (Å²) in [5.41, 5.74) is -0.459. The number of phenolic OH excluding ortho intramolecular Hbond substituents is 1. The molecule has 0 bridgehead atoms. The van der Waals surface area contributed by atoms with Crippen molar-refractivity contribution in [2.75, 3.05) is 20.1 Å². The Morgan fingerprint density at radius 2 is 1.93 bits per heavy atom. The number of likely N-dealkylation sites (tertiary alicyclic amines) is 1. The molecule has 240 valence electrons. The first kappa shape index (κ1) is 32.8. The number of aromatic nitrogens is 2. The summed E-state index contributed by atoms with van der Waals surface area (Å²) in [6.45, 7) is 11.6. The highest BCUT2D eigenvalue weighted by Crippen LogP contribution is 2.45. The predicted molar refractivity (Wildman–Crippen MR) is 175 cm³/mol. The van der Waals surface area contributed by atoms with Gasteiger partial charge in [0, 0.05) is 37.3 Å². The summed E-state index contributed by atoms with van der Waals surface area (Å²) in [5.74, 6) is -4.35. The van der Waals surface area contributed by atoms with Gasteiger partial charge < -0.3 is 15.3 Å². The van der Waals surface area contributed by atoms with Crippen molar-refractivity contribution in [2.45, 2.75) is 46.0 Å². The molecule has 5 rings (SSSR count). The lowest BCUT2D eigenvalue weighted by Crippen LogP contribution is -2.43. The van der Waals surface area contributed by atoms with Crippen LogP contribution in [0.5, 0.6) is 5.75 Å². The molecule has 0 aliphatic carbocycles. The van der Waals surface area contributed by atoms with Crippen molar-refractivity contribution in [3.05, 3.63) is 98.6 Å². The minimum Gasteiger partial charge on any atom is -0.507 e. The molecule has 3 heterocycles. The van der Waals surface area contributed by atoms with Gasteiger partial charge in [-0.15, -0.1) is 0 Å². The molecule has 0 saturated carbocycles. The summed E-state index contributed by atoms with van der Waals surface area (Å²) >= 11 is 6.75. The highest BCUT2D eigenvalue weighted by atomic mass is 35.5. The van der Waals surface area contributed by atoms with E-state index in [0.717, 1.165) is 10.6 Å². The number of pyridine rings is 2. The zero-order valence-electron chi connectivity index (χ0n) is 26.2. The van der Waals surface area contributed by atoms with Crippen molar-refractivity contribution in [3.63, 3.8) is 0 Å². The van der Waals surface area contributed by atoms with Crippen LogP contribution in [-0.2, 0) is 4.79 Å². The van der Waals surface area contributed by atoms with E-state index >= 15 is 8.78 Å². The van der Waals surface area contributed by atoms with Crippen LogP contribution in [0.15, 0.2) is 54.0 Å². The number of benzene rings is 2. The minimum absolute atomic E-state index is 0.179. The second-order valence-electron chi connectivity index (χ2n) is 12.0. The molecule has 1 aliphatic rings. The summed E-state index contributed by atoms with van der Waals surface area (Å²) < 4.78 is 33.7. The molecule has 0 radical (unpaired) electrons. The molecule has 1 fully saturated rings. The number of amides is 2. The number of nitrogens with one attached hydrogen (secondary N) is 1. The lowest BCUT2D eigenvalue weighted by Gasteiger charge is -2.38. The Hall–Kier alpha value is -4.57. The summed E-state index contributed by atoms with van der Waals surface area (Å²) in [6, 6.07) is 6.67. The van der Waals surface area contributed by atoms with Gasteiger partial charge in [0.05, 0.1) is 27.5 Å². The lowest BCUT2D eigenvalue weighted by atomic mass is 9.77. The Morgan fingerprint density at radius 3 is 2.54 bits per heavy atom. The quantitative estimate of drug-likeness (QED) is 0.229. The first-order valence-corrected chi connectivity index (χ1v) is 15.4. The third-order valence-electron chi connectivity index (χ3n) is 8.78. The Labute approximate surface area is 270 Å². The maximum absolute atomic E-state index is 17.3. The fraction of sp³-hybridized carbons (Fsp3) is 0.314. The summed E-state index contributed by atoms with van der Waals surface area (Å²) in [5, 5.41) is 13.2. The van der Waals surface area contributed by atoms with Crippen molar-refractivity contribution < 1.29 is 23.5 Å². The monoisotopic (exact) mass is 648 g/mol. The van der Waals surface area contributed by atoms with Gasteiger partial charge in [0.15, 0.2) is 5.82 Å². The fourth-order valence-corrected chi connectivity index (χ4v) is 6.90. The minimum atomic E-state index is -1.05. The standard InChI is InChI=1S/C35H35ClF2N4O4/c1-7-25(44)41-14-12-20(19(5)16-41)26-21-15-22(36)27(28-23(37)9-8-10-24(28)43)30(38)33(21)42(35(46)29(26)34(45)39-6)32-18(4)11-13-40-31(32)17(2)3/h7-11,13,15,17,19-20,43H,1,12,14,16H2,2-6H3,(H,39,45)/t19-,20?/m0/s1. The van der Waals surface area contributed by atoms with E-state index in [-0.39, 0.29) is 50.5 Å². The number of hydrogen-bond acceptors (Lipinski definition) is 5. The highest BCUT2D eigenvalue weighted by molar-refractivity contribution is 6.34. The van der Waals surface area contributed by atoms with Gasteiger partial charge in [-0.3, -0.25) is 23.9 Å². The average Bonchev–Trinajstić information content (AvgIpc) is 3.01. The van der Waals surface area contributed by atoms with Gasteiger partial charge in [-0.2, -0.15) is 0 Å². The molecule has 2 aromatic heterocycles. The van der Waals surface area contributed by atoms with Gasteiger partial charge in [-0.25, -0.2) is 8.78 Å². The van der Waals surface area contributed by atoms with Crippen molar-refractivity contribution >= 4 is 34.3 Å². The van der Waals surface area contributed by atoms with Crippen LogP contribution in [0, 0.1) is 24.5 Å². The number of carbonyl (C=O) groups excluding carboxylic acids is 2. The van der Waals surface area contributed by atoms with Crippen LogP contribution in [0.2, 0.25) is 5.02 Å². The number of nitrogens with zero attached hydrogens (tertiary/aromatic N) is 3. The number of hydrogen-bond donors (Lipinski definition) is 2. The van der Waals surface area contributed by atoms with E-state index in [9.17, 15) is 19.5 Å². The molecule has 8 nitrogen and oxygen atoms in total. The van der Waals surface area contributed by atoms with Crippen molar-refractivity contribution in [1.82, 2.24) is 19.8 Å². The van der Waals surface area contributed by atoms with Gasteiger partial charge in [-0.05, 0) is 72.6 Å². The Kier molecular flexibility index (Phi) is 9.04. The Morgan fingerprint density at radius 1 is 1.22 bits per heavy atom. The maximum Gasteiger partial charge on any atom is 0.268 e. The molecular weight excluding hydrogens is 614 g/mol. The zero-order valence-corrected chi connectivity index (χ0v) is 27.0. The SMILES string of the molecule is C=CC(=O)N1CCC(c2c(C(=O)NC)c(=O)n(-c3c(C)ccnc3C(C)C)c3c(F)c(-c4c(O)cccc4F)c(Cl)cc23)[C@@H](C)C1. The Balaban J connectivity index is 2.01. The Bertz CT molecular complexity index is 1950. The van der Waals surface area contributed by atoms with Gasteiger partial charge >= 0.3 is 0 Å². The normalized spacial score (nSPS) is 16.6. The van der Waals surface area contributed by atoms with Crippen molar-refractivity contribution in [3.8, 4) is 22.6 Å². The molecule has 2 N–H and O–H groups in total. The second kappa shape index (κ2) is 12.7. The van der Waals surface area contributed by atoms with Crippen LogP contribution < -0.4 is 10.9 Å². The molecule has 4 aromatic rings. The molecule has 1 unspecified atom stereocenters. The lowest BCUT2D eigenvalue weighted by molar-refractivity contribution is -0.127. The van der Waals surface area contributed by atoms with Gasteiger partial charge in [0.1, 0.15) is 17.1 Å². The molecule has 1 saturated heterocycles. The molecule has 46 heavy (non-hydrogen) atoms. The largest absolute Gasteiger partial charge is 0.507 e. The number of aryl methyl sites for hydroxylation is 1. The van der Waals surface area contributed by atoms with E-state index in [1.54, 1.807) is 24.1 Å². The number of carbonyl (C=O) groups is 2. The third kappa shape index (κ3) is 5.34. The second-order valence-corrected chi connectivity index (χ2v) is 12.4. The first-order chi connectivity index (χ1) is 21.8. The smallest absolute Gasteiger partial charge is 0.268 e. The molecule has 2 atom stereocenters. The number of aromatic hydroxyl groups is 1. The van der Waals surface area contributed by atoms with E-state index in [1.807, 2.05) is 20.8 Å². The van der Waals surface area contributed by atoms with E-state index in [2.05, 4.69) is 16.9 Å². The number of rotatable bonds is 6. The molecule has 1 aliphatic heterocycles. The molecule has 11 heteroatoms. The number of halogens is 3. The first-order valence-electron chi connectivity index (χ1n) is 15.0. The summed E-state index contributed by atoms with van der Waals surface area (Å²) in [6.07, 6.45) is 3.18. The molecule has 2 amide bonds. The summed E-state index contributed by atoms with van der Waals surface area (Å²) in [4.78, 5) is 47.1. The zero-order chi connectivity index (χ0) is 33.6. The predicted octanol–water partition coefficient (Wildman–Crippen LogP) is 6.62. The highest BCUT2D eigenvalue weighted by Gasteiger charge is 2.37. The van der Waals surface area contributed by atoms with Crippen LogP contribution >= 0.6 is 11.6 Å². The van der Waals surface area contributed by atoms with Crippen LogP contribution in [0.4, 0.5) is 8.78 Å². The van der Waals surface area contributed by atoms with Crippen LogP contribution in [0.1, 0.15) is 66.2 Å². The van der Waals surface area contributed by atoms with E-state index in [1.165, 1.54) is 31.3 Å². The summed E-state index contributed by atoms with van der Waals surface area (Å²) in [7, 11) is 1.40. The molecule has 2 aromatic carbocycles. The fourth-order valence-electron chi connectivity index (χ4n) is 6.62. The van der Waals surface area contributed by atoms with Crippen LogP contribution in [0.25, 0.3) is 27.7 Å². The molecular formula is C35H35ClF2N4O4. The van der Waals surface area contributed by atoms with Crippen LogP contribution in [-0.4, -0.2) is 51.5 Å². The maximum atomic E-state index is 17.3. The van der Waals surface area contributed by atoms with Gasteiger partial charge in [0.25, 0.3) is 11.5 Å².